The van der Waals surface area contributed by atoms with Gasteiger partial charge in [-0.15, -0.1) is 0 Å². The van der Waals surface area contributed by atoms with Crippen molar-refractivity contribution in [1.82, 2.24) is 10.3 Å². The molecule has 1 saturated carbocycles. The van der Waals surface area contributed by atoms with Crippen LogP contribution in [-0.4, -0.2) is 24.2 Å². The van der Waals surface area contributed by atoms with Gasteiger partial charge in [-0.05, 0) is 80.3 Å². The molecule has 29 heavy (non-hydrogen) atoms. The smallest absolute Gasteiger partial charge is 0.155 e. The zero-order valence-corrected chi connectivity index (χ0v) is 18.3. The number of aromatic nitrogens is 1. The molecule has 1 aromatic heterocycles. The summed E-state index contributed by atoms with van der Waals surface area (Å²) in [6.07, 6.45) is 10.3. The van der Waals surface area contributed by atoms with Gasteiger partial charge in [0, 0.05) is 18.0 Å². The Morgan fingerprint density at radius 3 is 2.72 bits per heavy atom. The van der Waals surface area contributed by atoms with Crippen LogP contribution >= 0.6 is 11.6 Å². The fourth-order valence-electron chi connectivity index (χ4n) is 4.46. The van der Waals surface area contributed by atoms with E-state index in [0.717, 1.165) is 55.0 Å². The lowest BCUT2D eigenvalue weighted by atomic mass is 9.76. The average Bonchev–Trinajstić information content (AvgIpc) is 2.97. The normalized spacial score (nSPS) is 20.5. The van der Waals surface area contributed by atoms with Crippen molar-refractivity contribution < 1.29 is 4.74 Å². The molecule has 5 heteroatoms. The fourth-order valence-corrected chi connectivity index (χ4v) is 4.69. The fraction of sp³-hybridized carbons (Fsp3) is 0.542. The van der Waals surface area contributed by atoms with Crippen LogP contribution in [0.2, 0.25) is 5.02 Å². The van der Waals surface area contributed by atoms with Crippen LogP contribution in [0.15, 0.2) is 36.7 Å². The van der Waals surface area contributed by atoms with E-state index in [2.05, 4.69) is 41.6 Å². The van der Waals surface area contributed by atoms with Gasteiger partial charge in [0.05, 0.1) is 16.8 Å². The predicted octanol–water partition coefficient (Wildman–Crippen LogP) is 5.52. The van der Waals surface area contributed by atoms with E-state index in [1.807, 2.05) is 18.3 Å². The van der Waals surface area contributed by atoms with Gasteiger partial charge in [0.1, 0.15) is 0 Å². The van der Waals surface area contributed by atoms with Crippen LogP contribution in [-0.2, 0) is 17.6 Å². The summed E-state index contributed by atoms with van der Waals surface area (Å²) >= 11 is 6.67. The summed E-state index contributed by atoms with van der Waals surface area (Å²) in [4.78, 5) is 4.33. The lowest BCUT2D eigenvalue weighted by Gasteiger charge is -2.36. The van der Waals surface area contributed by atoms with E-state index in [0.29, 0.717) is 5.41 Å². The quantitative estimate of drug-likeness (QED) is 0.633. The van der Waals surface area contributed by atoms with Gasteiger partial charge in [0.25, 0.3) is 0 Å². The number of fused-ring (bicyclic) bond motifs is 1. The third-order valence-electron chi connectivity index (χ3n) is 6.36. The van der Waals surface area contributed by atoms with Gasteiger partial charge >= 0.3 is 0 Å². The number of hydrogen-bond donors (Lipinski definition) is 2. The van der Waals surface area contributed by atoms with Crippen molar-refractivity contribution in [1.29, 1.82) is 0 Å². The molecule has 0 spiro atoms. The molecule has 2 heterocycles. The van der Waals surface area contributed by atoms with E-state index in [1.165, 1.54) is 24.0 Å². The van der Waals surface area contributed by atoms with Crippen molar-refractivity contribution >= 4 is 17.3 Å². The Morgan fingerprint density at radius 2 is 1.97 bits per heavy atom. The van der Waals surface area contributed by atoms with E-state index in [9.17, 15) is 0 Å². The van der Waals surface area contributed by atoms with E-state index in [1.54, 1.807) is 6.20 Å². The van der Waals surface area contributed by atoms with Crippen LogP contribution in [0.1, 0.15) is 62.4 Å². The van der Waals surface area contributed by atoms with E-state index in [4.69, 9.17) is 16.3 Å². The molecule has 1 fully saturated rings. The minimum absolute atomic E-state index is 0.253. The summed E-state index contributed by atoms with van der Waals surface area (Å²) in [5.41, 5.74) is 5.15. The third kappa shape index (κ3) is 5.11. The summed E-state index contributed by atoms with van der Waals surface area (Å²) in [6.45, 7) is 6.69. The highest BCUT2D eigenvalue weighted by molar-refractivity contribution is 6.33. The van der Waals surface area contributed by atoms with E-state index in [-0.39, 0.29) is 12.3 Å². The molecule has 4 nitrogen and oxygen atoms in total. The number of ether oxygens (including phenoxy) is 1. The number of nitrogens with one attached hydrogen (secondary N) is 2. The first-order valence-electron chi connectivity index (χ1n) is 10.8. The largest absolute Gasteiger partial charge is 0.355 e. The number of nitrogens with zero attached hydrogens (tertiary/aromatic N) is 1. The minimum Gasteiger partial charge on any atom is -0.355 e. The van der Waals surface area contributed by atoms with Gasteiger partial charge in [0.2, 0.25) is 0 Å². The van der Waals surface area contributed by atoms with Crippen LogP contribution in [0.5, 0.6) is 0 Å². The molecule has 2 aliphatic rings. The van der Waals surface area contributed by atoms with Gasteiger partial charge < -0.3 is 15.4 Å². The monoisotopic (exact) mass is 413 g/mol. The van der Waals surface area contributed by atoms with Crippen LogP contribution in [0.4, 0.5) is 5.69 Å². The standard InChI is InChI=1S/C24H32ClN3O/c1-24(2)11-7-19(8-12-24)29-23(18-4-3-13-27-16-18)28-22-20-10-15-26-14-9-17(20)5-6-21(22)25/h3-6,13,16,19,23,26,28H,7-12,14-15H2,1-2H3. The number of benzene rings is 1. The Hall–Kier alpha value is -1.62. The maximum Gasteiger partial charge on any atom is 0.155 e. The maximum atomic E-state index is 6.67. The van der Waals surface area contributed by atoms with Crippen LogP contribution in [0.25, 0.3) is 0 Å². The molecule has 0 radical (unpaired) electrons. The third-order valence-corrected chi connectivity index (χ3v) is 6.67. The van der Waals surface area contributed by atoms with Crippen molar-refractivity contribution in [2.45, 2.75) is 64.7 Å². The molecule has 0 amide bonds. The SMILES string of the molecule is CC1(C)CCC(OC(Nc2c(Cl)ccc3c2CCNCC3)c2cccnc2)CC1. The number of anilines is 1. The summed E-state index contributed by atoms with van der Waals surface area (Å²) < 4.78 is 6.63. The Balaban J connectivity index is 1.60. The van der Waals surface area contributed by atoms with Crippen molar-refractivity contribution in [3.05, 3.63) is 58.4 Å². The molecule has 4 rings (SSSR count). The van der Waals surface area contributed by atoms with Crippen LogP contribution in [0.3, 0.4) is 0 Å². The van der Waals surface area contributed by atoms with Crippen molar-refractivity contribution in [2.24, 2.45) is 5.41 Å². The number of halogens is 1. The first-order valence-corrected chi connectivity index (χ1v) is 11.2. The number of rotatable bonds is 5. The molecule has 156 valence electrons. The molecular formula is C24H32ClN3O. The first kappa shape index (κ1) is 20.6. The topological polar surface area (TPSA) is 46.2 Å². The van der Waals surface area contributed by atoms with E-state index < -0.39 is 0 Å². The average molecular weight is 414 g/mol. The summed E-state index contributed by atoms with van der Waals surface area (Å²) in [5.74, 6) is 0. The Morgan fingerprint density at radius 1 is 1.17 bits per heavy atom. The van der Waals surface area contributed by atoms with Gasteiger partial charge in [-0.3, -0.25) is 4.98 Å². The first-order chi connectivity index (χ1) is 14.0. The molecule has 2 aromatic rings. The highest BCUT2D eigenvalue weighted by Crippen LogP contribution is 2.39. The predicted molar refractivity (Wildman–Crippen MR) is 119 cm³/mol. The lowest BCUT2D eigenvalue weighted by molar-refractivity contribution is -0.0351. The summed E-state index contributed by atoms with van der Waals surface area (Å²) in [6, 6.07) is 8.22. The Kier molecular flexibility index (Phi) is 6.43. The second-order valence-corrected chi connectivity index (χ2v) is 9.53. The molecule has 2 N–H and O–H groups in total. The molecule has 1 aliphatic heterocycles. The van der Waals surface area contributed by atoms with Gasteiger partial charge in [-0.2, -0.15) is 0 Å². The van der Waals surface area contributed by atoms with Gasteiger partial charge in [-0.25, -0.2) is 0 Å². The highest BCUT2D eigenvalue weighted by Gasteiger charge is 2.30. The van der Waals surface area contributed by atoms with Crippen molar-refractivity contribution in [3.8, 4) is 0 Å². The van der Waals surface area contributed by atoms with E-state index >= 15 is 0 Å². The van der Waals surface area contributed by atoms with Crippen molar-refractivity contribution in [2.75, 3.05) is 18.4 Å². The molecule has 1 aliphatic carbocycles. The van der Waals surface area contributed by atoms with Gasteiger partial charge in [-0.1, -0.05) is 37.6 Å². The second kappa shape index (κ2) is 9.03. The molecular weight excluding hydrogens is 382 g/mol. The molecule has 1 atom stereocenters. The molecule has 0 bridgehead atoms. The van der Waals surface area contributed by atoms with Gasteiger partial charge in [0.15, 0.2) is 6.23 Å². The molecule has 1 unspecified atom stereocenters. The Bertz CT molecular complexity index is 814. The Labute approximate surface area is 179 Å². The highest BCUT2D eigenvalue weighted by atomic mass is 35.5. The molecule has 1 aromatic carbocycles. The van der Waals surface area contributed by atoms with Crippen molar-refractivity contribution in [3.63, 3.8) is 0 Å². The minimum atomic E-state index is -0.255. The molecule has 0 saturated heterocycles. The lowest BCUT2D eigenvalue weighted by Crippen LogP contribution is -2.30. The second-order valence-electron chi connectivity index (χ2n) is 9.12. The zero-order valence-electron chi connectivity index (χ0n) is 17.5. The summed E-state index contributed by atoms with van der Waals surface area (Å²) in [7, 11) is 0. The zero-order chi connectivity index (χ0) is 20.3. The van der Waals surface area contributed by atoms with Crippen LogP contribution < -0.4 is 10.6 Å². The number of hydrogen-bond acceptors (Lipinski definition) is 4. The summed E-state index contributed by atoms with van der Waals surface area (Å²) in [5, 5.41) is 7.91. The maximum absolute atomic E-state index is 6.67. The van der Waals surface area contributed by atoms with Crippen LogP contribution in [0, 0.1) is 5.41 Å². The number of pyridine rings is 1.